The molecule has 0 bridgehead atoms. The van der Waals surface area contributed by atoms with Crippen LogP contribution in [0.2, 0.25) is 0 Å². The molecule has 5 nitrogen and oxygen atoms in total. The second-order valence-corrected chi connectivity index (χ2v) is 5.63. The SMILES string of the molecule is C=CCOc1ccc(/C=N\NC(=O)c2cc(Br)ccc2OC)cc1. The van der Waals surface area contributed by atoms with E-state index in [4.69, 9.17) is 9.47 Å². The highest BCUT2D eigenvalue weighted by Gasteiger charge is 2.11. The molecule has 0 saturated heterocycles. The number of methoxy groups -OCH3 is 1. The van der Waals surface area contributed by atoms with Crippen molar-refractivity contribution >= 4 is 28.1 Å². The Morgan fingerprint density at radius 3 is 2.71 bits per heavy atom. The standard InChI is InChI=1S/C18H17BrN2O3/c1-3-10-24-15-7-4-13(5-8-15)12-20-21-18(22)16-11-14(19)6-9-17(16)23-2/h3-9,11-12H,1,10H2,2H3,(H,21,22)/b20-12-. The number of carbonyl (C=O) groups excluding carboxylic acids is 1. The number of amides is 1. The summed E-state index contributed by atoms with van der Waals surface area (Å²) in [4.78, 5) is 12.2. The summed E-state index contributed by atoms with van der Waals surface area (Å²) < 4.78 is 11.4. The molecule has 2 rings (SSSR count). The third-order valence-corrected chi connectivity index (χ3v) is 3.53. The summed E-state index contributed by atoms with van der Waals surface area (Å²) in [6.07, 6.45) is 3.24. The van der Waals surface area contributed by atoms with Crippen LogP contribution >= 0.6 is 15.9 Å². The lowest BCUT2D eigenvalue weighted by atomic mass is 10.2. The second kappa shape index (κ2) is 8.88. The number of halogens is 1. The minimum Gasteiger partial charge on any atom is -0.496 e. The van der Waals surface area contributed by atoms with Crippen molar-refractivity contribution in [1.82, 2.24) is 5.43 Å². The van der Waals surface area contributed by atoms with E-state index in [1.165, 1.54) is 7.11 Å². The fourth-order valence-corrected chi connectivity index (χ4v) is 2.25. The normalized spacial score (nSPS) is 10.4. The van der Waals surface area contributed by atoms with E-state index in [2.05, 4.69) is 33.0 Å². The van der Waals surface area contributed by atoms with Crippen LogP contribution in [0.4, 0.5) is 0 Å². The third kappa shape index (κ3) is 4.96. The fraction of sp³-hybridized carbons (Fsp3) is 0.111. The minimum atomic E-state index is -0.352. The number of nitrogens with zero attached hydrogens (tertiary/aromatic N) is 1. The van der Waals surface area contributed by atoms with Gasteiger partial charge in [-0.3, -0.25) is 4.79 Å². The monoisotopic (exact) mass is 388 g/mol. The molecule has 1 N–H and O–H groups in total. The highest BCUT2D eigenvalue weighted by Crippen LogP contribution is 2.22. The van der Waals surface area contributed by atoms with Crippen LogP contribution < -0.4 is 14.9 Å². The van der Waals surface area contributed by atoms with Crippen molar-refractivity contribution in [3.05, 3.63) is 70.7 Å². The molecule has 24 heavy (non-hydrogen) atoms. The van der Waals surface area contributed by atoms with Crippen LogP contribution in [0.15, 0.2) is 64.7 Å². The van der Waals surface area contributed by atoms with E-state index < -0.39 is 0 Å². The maximum absolute atomic E-state index is 12.2. The van der Waals surface area contributed by atoms with E-state index in [9.17, 15) is 4.79 Å². The maximum Gasteiger partial charge on any atom is 0.275 e. The molecule has 6 heteroatoms. The summed E-state index contributed by atoms with van der Waals surface area (Å²) in [6.45, 7) is 4.05. The average molecular weight is 389 g/mol. The number of ether oxygens (including phenoxy) is 2. The molecule has 2 aromatic carbocycles. The molecule has 0 aromatic heterocycles. The zero-order chi connectivity index (χ0) is 17.4. The molecule has 0 fully saturated rings. The van der Waals surface area contributed by atoms with E-state index in [1.54, 1.807) is 30.5 Å². The zero-order valence-corrected chi connectivity index (χ0v) is 14.7. The predicted octanol–water partition coefficient (Wildman–Crippen LogP) is 3.79. The van der Waals surface area contributed by atoms with Crippen molar-refractivity contribution in [2.75, 3.05) is 13.7 Å². The first-order valence-electron chi connectivity index (χ1n) is 7.14. The van der Waals surface area contributed by atoms with Gasteiger partial charge in [0.25, 0.3) is 5.91 Å². The molecule has 0 aliphatic heterocycles. The summed E-state index contributed by atoms with van der Waals surface area (Å²) in [5.41, 5.74) is 3.72. The van der Waals surface area contributed by atoms with Gasteiger partial charge in [-0.25, -0.2) is 5.43 Å². The maximum atomic E-state index is 12.2. The number of carbonyl (C=O) groups is 1. The van der Waals surface area contributed by atoms with Crippen molar-refractivity contribution in [3.8, 4) is 11.5 Å². The van der Waals surface area contributed by atoms with E-state index in [0.29, 0.717) is 17.9 Å². The number of hydrogen-bond donors (Lipinski definition) is 1. The summed E-state index contributed by atoms with van der Waals surface area (Å²) in [5.74, 6) is 0.875. The van der Waals surface area contributed by atoms with Gasteiger partial charge < -0.3 is 9.47 Å². The lowest BCUT2D eigenvalue weighted by molar-refractivity contribution is 0.0952. The second-order valence-electron chi connectivity index (χ2n) is 4.71. The first kappa shape index (κ1) is 17.7. The number of benzene rings is 2. The Bertz CT molecular complexity index is 742. The summed E-state index contributed by atoms with van der Waals surface area (Å²) >= 11 is 3.33. The minimum absolute atomic E-state index is 0.352. The van der Waals surface area contributed by atoms with E-state index in [-0.39, 0.29) is 5.91 Å². The highest BCUT2D eigenvalue weighted by atomic mass is 79.9. The van der Waals surface area contributed by atoms with Gasteiger partial charge in [-0.15, -0.1) is 0 Å². The van der Waals surface area contributed by atoms with Crippen LogP contribution in [-0.4, -0.2) is 25.8 Å². The van der Waals surface area contributed by atoms with Crippen LogP contribution in [0.25, 0.3) is 0 Å². The van der Waals surface area contributed by atoms with Gasteiger partial charge in [-0.2, -0.15) is 5.10 Å². The molecule has 0 atom stereocenters. The zero-order valence-electron chi connectivity index (χ0n) is 13.2. The van der Waals surface area contributed by atoms with Gasteiger partial charge in [0.05, 0.1) is 18.9 Å². The molecule has 124 valence electrons. The Labute approximate surface area is 149 Å². The molecule has 0 radical (unpaired) electrons. The van der Waals surface area contributed by atoms with Gasteiger partial charge >= 0.3 is 0 Å². The van der Waals surface area contributed by atoms with Crippen LogP contribution in [0.5, 0.6) is 11.5 Å². The van der Waals surface area contributed by atoms with Crippen molar-refractivity contribution in [1.29, 1.82) is 0 Å². The van der Waals surface area contributed by atoms with Crippen LogP contribution in [0.3, 0.4) is 0 Å². The Morgan fingerprint density at radius 2 is 2.04 bits per heavy atom. The number of hydrazone groups is 1. The lowest BCUT2D eigenvalue weighted by Gasteiger charge is -2.07. The molecule has 0 heterocycles. The molecular weight excluding hydrogens is 372 g/mol. The summed E-state index contributed by atoms with van der Waals surface area (Å²) in [5, 5.41) is 3.96. The molecule has 0 aliphatic rings. The molecule has 0 unspecified atom stereocenters. The summed E-state index contributed by atoms with van der Waals surface area (Å²) in [6, 6.07) is 12.5. The average Bonchev–Trinajstić information content (AvgIpc) is 2.61. The van der Waals surface area contributed by atoms with Crippen molar-refractivity contribution in [3.63, 3.8) is 0 Å². The number of hydrogen-bond acceptors (Lipinski definition) is 4. The van der Waals surface area contributed by atoms with Crippen LogP contribution in [0, 0.1) is 0 Å². The smallest absolute Gasteiger partial charge is 0.275 e. The largest absolute Gasteiger partial charge is 0.496 e. The quantitative estimate of drug-likeness (QED) is 0.445. The Morgan fingerprint density at radius 1 is 1.29 bits per heavy atom. The van der Waals surface area contributed by atoms with Crippen molar-refractivity contribution in [2.24, 2.45) is 5.10 Å². The van der Waals surface area contributed by atoms with Gasteiger partial charge in [0, 0.05) is 4.47 Å². The Balaban J connectivity index is 1.99. The predicted molar refractivity (Wildman–Crippen MR) is 97.9 cm³/mol. The molecule has 0 saturated carbocycles. The lowest BCUT2D eigenvalue weighted by Crippen LogP contribution is -2.18. The fourth-order valence-electron chi connectivity index (χ4n) is 1.89. The first-order chi connectivity index (χ1) is 11.6. The van der Waals surface area contributed by atoms with Gasteiger partial charge in [-0.05, 0) is 48.0 Å². The van der Waals surface area contributed by atoms with Crippen LogP contribution in [-0.2, 0) is 0 Å². The molecule has 2 aromatic rings. The van der Waals surface area contributed by atoms with Gasteiger partial charge in [0.15, 0.2) is 0 Å². The van der Waals surface area contributed by atoms with Crippen LogP contribution in [0.1, 0.15) is 15.9 Å². The number of rotatable bonds is 7. The first-order valence-corrected chi connectivity index (χ1v) is 7.94. The van der Waals surface area contributed by atoms with E-state index >= 15 is 0 Å². The van der Waals surface area contributed by atoms with E-state index in [1.807, 2.05) is 24.3 Å². The Kier molecular flexibility index (Phi) is 6.57. The summed E-state index contributed by atoms with van der Waals surface area (Å²) in [7, 11) is 1.51. The van der Waals surface area contributed by atoms with E-state index in [0.717, 1.165) is 15.8 Å². The molecular formula is C18H17BrN2O3. The topological polar surface area (TPSA) is 59.9 Å². The van der Waals surface area contributed by atoms with Gasteiger partial charge in [0.1, 0.15) is 18.1 Å². The molecule has 0 spiro atoms. The van der Waals surface area contributed by atoms with Gasteiger partial charge in [0.2, 0.25) is 0 Å². The van der Waals surface area contributed by atoms with Crippen molar-refractivity contribution < 1.29 is 14.3 Å². The van der Waals surface area contributed by atoms with Gasteiger partial charge in [-0.1, -0.05) is 28.6 Å². The third-order valence-electron chi connectivity index (χ3n) is 3.03. The Hall–Kier alpha value is -2.60. The molecule has 0 aliphatic carbocycles. The highest BCUT2D eigenvalue weighted by molar-refractivity contribution is 9.10. The molecule has 1 amide bonds. The van der Waals surface area contributed by atoms with Crippen molar-refractivity contribution in [2.45, 2.75) is 0 Å². The number of nitrogens with one attached hydrogen (secondary N) is 1.